The molecule has 1 aliphatic rings. The second-order valence-corrected chi connectivity index (χ2v) is 4.41. The molecule has 0 spiro atoms. The molecule has 5 heteroatoms. The Balaban J connectivity index is 2.10. The Morgan fingerprint density at radius 2 is 1.83 bits per heavy atom. The summed E-state index contributed by atoms with van der Waals surface area (Å²) in [5.41, 5.74) is -0.523. The summed E-state index contributed by atoms with van der Waals surface area (Å²) in [6.45, 7) is 0. The summed E-state index contributed by atoms with van der Waals surface area (Å²) in [7, 11) is 0. The van der Waals surface area contributed by atoms with Crippen LogP contribution in [0.4, 0.5) is 8.78 Å². The van der Waals surface area contributed by atoms with E-state index in [1.165, 1.54) is 0 Å². The highest BCUT2D eigenvalue weighted by molar-refractivity contribution is 6.42. The largest absolute Gasteiger partial charge is 0.346 e. The van der Waals surface area contributed by atoms with Crippen molar-refractivity contribution in [1.29, 1.82) is 0 Å². The van der Waals surface area contributed by atoms with Gasteiger partial charge in [0.25, 0.3) is 11.7 Å². The lowest BCUT2D eigenvalue weighted by atomic mass is 10.1. The lowest BCUT2D eigenvalue weighted by Crippen LogP contribution is -2.38. The van der Waals surface area contributed by atoms with Crippen molar-refractivity contribution in [2.24, 2.45) is 0 Å². The smallest absolute Gasteiger partial charge is 0.292 e. The Kier molecular flexibility index (Phi) is 3.69. The zero-order valence-corrected chi connectivity index (χ0v) is 9.71. The van der Waals surface area contributed by atoms with Crippen LogP contribution in [0.1, 0.15) is 36.0 Å². The highest BCUT2D eigenvalue weighted by Gasteiger charge is 2.24. The second kappa shape index (κ2) is 5.25. The Morgan fingerprint density at radius 3 is 2.50 bits per heavy atom. The average Bonchev–Trinajstić information content (AvgIpc) is 2.84. The van der Waals surface area contributed by atoms with Crippen molar-refractivity contribution in [3.05, 3.63) is 35.4 Å². The molecular formula is C13H13F2NO2. The summed E-state index contributed by atoms with van der Waals surface area (Å²) in [5, 5.41) is 2.55. The fraction of sp³-hybridized carbons (Fsp3) is 0.385. The minimum absolute atomic E-state index is 0.0296. The van der Waals surface area contributed by atoms with Crippen LogP contribution in [0.5, 0.6) is 0 Å². The fourth-order valence-corrected chi connectivity index (χ4v) is 2.11. The highest BCUT2D eigenvalue weighted by atomic mass is 19.1. The highest BCUT2D eigenvalue weighted by Crippen LogP contribution is 2.18. The van der Waals surface area contributed by atoms with E-state index in [0.717, 1.165) is 43.9 Å². The summed E-state index contributed by atoms with van der Waals surface area (Å²) in [4.78, 5) is 23.3. The molecule has 0 heterocycles. The van der Waals surface area contributed by atoms with Crippen LogP contribution in [-0.2, 0) is 4.79 Å². The van der Waals surface area contributed by atoms with Crippen LogP contribution < -0.4 is 5.32 Å². The van der Waals surface area contributed by atoms with Crippen molar-refractivity contribution in [2.75, 3.05) is 0 Å². The normalized spacial score (nSPS) is 15.7. The number of carbonyl (C=O) groups excluding carboxylic acids is 2. The number of amides is 1. The van der Waals surface area contributed by atoms with Gasteiger partial charge in [-0.2, -0.15) is 0 Å². The molecule has 3 nitrogen and oxygen atoms in total. The lowest BCUT2D eigenvalue weighted by molar-refractivity contribution is -0.117. The van der Waals surface area contributed by atoms with Gasteiger partial charge in [-0.3, -0.25) is 9.59 Å². The molecule has 0 aromatic heterocycles. The van der Waals surface area contributed by atoms with Crippen LogP contribution in [0.25, 0.3) is 0 Å². The SMILES string of the molecule is O=C(NC1CCCC1)C(=O)c1cc(F)ccc1F. The molecular weight excluding hydrogens is 240 g/mol. The first-order valence-corrected chi connectivity index (χ1v) is 5.88. The zero-order valence-electron chi connectivity index (χ0n) is 9.71. The molecule has 18 heavy (non-hydrogen) atoms. The van der Waals surface area contributed by atoms with E-state index in [1.54, 1.807) is 0 Å². The summed E-state index contributed by atoms with van der Waals surface area (Å²) >= 11 is 0. The number of benzene rings is 1. The molecule has 1 fully saturated rings. The average molecular weight is 253 g/mol. The number of hydrogen-bond acceptors (Lipinski definition) is 2. The van der Waals surface area contributed by atoms with Gasteiger partial charge in [0.05, 0.1) is 5.56 Å². The maximum Gasteiger partial charge on any atom is 0.292 e. The number of carbonyl (C=O) groups is 2. The Bertz CT molecular complexity index is 482. The molecule has 0 atom stereocenters. The summed E-state index contributed by atoms with van der Waals surface area (Å²) in [6.07, 6.45) is 3.66. The van der Waals surface area contributed by atoms with E-state index < -0.39 is 28.9 Å². The minimum Gasteiger partial charge on any atom is -0.346 e. The molecule has 0 bridgehead atoms. The van der Waals surface area contributed by atoms with Crippen molar-refractivity contribution >= 4 is 11.7 Å². The van der Waals surface area contributed by atoms with Gasteiger partial charge in [0, 0.05) is 6.04 Å². The van der Waals surface area contributed by atoms with E-state index in [-0.39, 0.29) is 6.04 Å². The van der Waals surface area contributed by atoms with E-state index in [2.05, 4.69) is 5.32 Å². The van der Waals surface area contributed by atoms with Crippen molar-refractivity contribution in [3.63, 3.8) is 0 Å². The van der Waals surface area contributed by atoms with Gasteiger partial charge in [0.1, 0.15) is 11.6 Å². The molecule has 0 radical (unpaired) electrons. The third-order valence-electron chi connectivity index (χ3n) is 3.07. The van der Waals surface area contributed by atoms with Gasteiger partial charge in [-0.05, 0) is 31.0 Å². The molecule has 96 valence electrons. The van der Waals surface area contributed by atoms with Gasteiger partial charge in [-0.1, -0.05) is 12.8 Å². The van der Waals surface area contributed by atoms with Gasteiger partial charge < -0.3 is 5.32 Å². The van der Waals surface area contributed by atoms with Crippen molar-refractivity contribution < 1.29 is 18.4 Å². The predicted molar refractivity (Wildman–Crippen MR) is 61.1 cm³/mol. The molecule has 0 saturated heterocycles. The Morgan fingerprint density at radius 1 is 1.17 bits per heavy atom. The van der Waals surface area contributed by atoms with Gasteiger partial charge in [0.15, 0.2) is 0 Å². The van der Waals surface area contributed by atoms with Crippen LogP contribution in [0, 0.1) is 11.6 Å². The molecule has 0 aliphatic heterocycles. The molecule has 1 aromatic rings. The first-order valence-electron chi connectivity index (χ1n) is 5.88. The second-order valence-electron chi connectivity index (χ2n) is 4.41. The number of nitrogens with one attached hydrogen (secondary N) is 1. The van der Waals surface area contributed by atoms with E-state index in [9.17, 15) is 18.4 Å². The topological polar surface area (TPSA) is 46.2 Å². The first-order chi connectivity index (χ1) is 8.58. The van der Waals surface area contributed by atoms with Crippen molar-refractivity contribution in [1.82, 2.24) is 5.32 Å². The fourth-order valence-electron chi connectivity index (χ4n) is 2.11. The van der Waals surface area contributed by atoms with Gasteiger partial charge in [0.2, 0.25) is 0 Å². The summed E-state index contributed by atoms with van der Waals surface area (Å²) < 4.78 is 26.3. The van der Waals surface area contributed by atoms with Crippen LogP contribution in [0.3, 0.4) is 0 Å². The third kappa shape index (κ3) is 2.72. The molecule has 1 aromatic carbocycles. The van der Waals surface area contributed by atoms with Gasteiger partial charge in [-0.15, -0.1) is 0 Å². The third-order valence-corrected chi connectivity index (χ3v) is 3.07. The monoisotopic (exact) mass is 253 g/mol. The molecule has 0 unspecified atom stereocenters. The van der Waals surface area contributed by atoms with E-state index in [0.29, 0.717) is 0 Å². The van der Waals surface area contributed by atoms with Gasteiger partial charge >= 0.3 is 0 Å². The van der Waals surface area contributed by atoms with Gasteiger partial charge in [-0.25, -0.2) is 8.78 Å². The zero-order chi connectivity index (χ0) is 13.1. The number of Topliss-reactive ketones (excluding diaryl/α,β-unsaturated/α-hetero) is 1. The molecule has 1 aliphatic carbocycles. The maximum absolute atomic E-state index is 13.3. The van der Waals surface area contributed by atoms with E-state index in [1.807, 2.05) is 0 Å². The number of halogens is 2. The van der Waals surface area contributed by atoms with Crippen molar-refractivity contribution in [2.45, 2.75) is 31.7 Å². The molecule has 1 saturated carbocycles. The molecule has 1 amide bonds. The quantitative estimate of drug-likeness (QED) is 0.663. The summed E-state index contributed by atoms with van der Waals surface area (Å²) in [6, 6.07) is 2.45. The molecule has 2 rings (SSSR count). The molecule has 1 N–H and O–H groups in total. The lowest BCUT2D eigenvalue weighted by Gasteiger charge is -2.11. The van der Waals surface area contributed by atoms with E-state index >= 15 is 0 Å². The van der Waals surface area contributed by atoms with Crippen LogP contribution in [-0.4, -0.2) is 17.7 Å². The summed E-state index contributed by atoms with van der Waals surface area (Å²) in [5.74, 6) is -3.53. The maximum atomic E-state index is 13.3. The van der Waals surface area contributed by atoms with Crippen molar-refractivity contribution in [3.8, 4) is 0 Å². The standard InChI is InChI=1S/C13H13F2NO2/c14-8-5-6-11(15)10(7-8)12(17)13(18)16-9-3-1-2-4-9/h5-7,9H,1-4H2,(H,16,18). The van der Waals surface area contributed by atoms with Crippen LogP contribution in [0.15, 0.2) is 18.2 Å². The number of ketones is 1. The number of rotatable bonds is 3. The first kappa shape index (κ1) is 12.7. The Labute approximate surface area is 103 Å². The van der Waals surface area contributed by atoms with Crippen LogP contribution in [0.2, 0.25) is 0 Å². The minimum atomic E-state index is -1.03. The number of hydrogen-bond donors (Lipinski definition) is 1. The van der Waals surface area contributed by atoms with E-state index in [4.69, 9.17) is 0 Å². The predicted octanol–water partition coefficient (Wildman–Crippen LogP) is 2.21. The van der Waals surface area contributed by atoms with Crippen LogP contribution >= 0.6 is 0 Å². The Hall–Kier alpha value is -1.78.